The molecule has 9 heteroatoms. The van der Waals surface area contributed by atoms with E-state index < -0.39 is 12.0 Å². The second-order valence-corrected chi connectivity index (χ2v) is 6.01. The average Bonchev–Trinajstić information content (AvgIpc) is 3.17. The first kappa shape index (κ1) is 16.0. The fourth-order valence-corrected chi connectivity index (χ4v) is 3.10. The fraction of sp³-hybridized carbons (Fsp3) is 0.176. The maximum atomic E-state index is 11.2. The topological polar surface area (TPSA) is 124 Å². The number of aromatic nitrogens is 3. The highest BCUT2D eigenvalue weighted by atomic mass is 16.5. The molecule has 3 aromatic rings. The van der Waals surface area contributed by atoms with Gasteiger partial charge in [0, 0.05) is 24.7 Å². The number of carbonyl (C=O) groups excluding carboxylic acids is 1. The summed E-state index contributed by atoms with van der Waals surface area (Å²) in [4.78, 5) is 32.6. The molecule has 2 aromatic heterocycles. The summed E-state index contributed by atoms with van der Waals surface area (Å²) in [5, 5.41) is 9.89. The lowest BCUT2D eigenvalue weighted by atomic mass is 10.2. The summed E-state index contributed by atoms with van der Waals surface area (Å²) in [5.74, 6) is 0.551. The zero-order valence-electron chi connectivity index (χ0n) is 13.6. The molecule has 0 aliphatic carbocycles. The molecule has 3 N–H and O–H groups in total. The van der Waals surface area contributed by atoms with Crippen LogP contribution in [-0.2, 0) is 17.9 Å². The largest absolute Gasteiger partial charge is 0.464 e. The Morgan fingerprint density at radius 2 is 2.08 bits per heavy atom. The Bertz CT molecular complexity index is 1030. The maximum absolute atomic E-state index is 11.2. The van der Waals surface area contributed by atoms with Crippen molar-refractivity contribution >= 4 is 22.9 Å². The van der Waals surface area contributed by atoms with Gasteiger partial charge >= 0.3 is 6.09 Å². The zero-order chi connectivity index (χ0) is 18.3. The quantitative estimate of drug-likeness (QED) is 0.729. The Labute approximate surface area is 147 Å². The predicted octanol–water partition coefficient (Wildman–Crippen LogP) is 1.55. The van der Waals surface area contributed by atoms with Gasteiger partial charge in [0.05, 0.1) is 23.3 Å². The van der Waals surface area contributed by atoms with Crippen molar-refractivity contribution in [2.75, 3.05) is 6.54 Å². The van der Waals surface area contributed by atoms with E-state index >= 15 is 0 Å². The van der Waals surface area contributed by atoms with Gasteiger partial charge in [-0.3, -0.25) is 14.3 Å². The molecule has 9 nitrogen and oxygen atoms in total. The van der Waals surface area contributed by atoms with Gasteiger partial charge < -0.3 is 15.6 Å². The number of carbonyl (C=O) groups is 2. The minimum atomic E-state index is -1.04. The molecule has 0 atom stereocenters. The third-order valence-electron chi connectivity index (χ3n) is 4.21. The van der Waals surface area contributed by atoms with Crippen molar-refractivity contribution in [2.24, 2.45) is 5.73 Å². The van der Waals surface area contributed by atoms with Crippen LogP contribution in [0.3, 0.4) is 0 Å². The van der Waals surface area contributed by atoms with Crippen molar-refractivity contribution in [3.63, 3.8) is 0 Å². The normalized spacial score (nSPS) is 13.7. The van der Waals surface area contributed by atoms with Gasteiger partial charge in [-0.2, -0.15) is 0 Å². The van der Waals surface area contributed by atoms with E-state index in [0.29, 0.717) is 30.2 Å². The zero-order valence-corrected chi connectivity index (χ0v) is 13.6. The van der Waals surface area contributed by atoms with Crippen molar-refractivity contribution in [3.05, 3.63) is 48.0 Å². The van der Waals surface area contributed by atoms with Crippen LogP contribution in [0.25, 0.3) is 10.9 Å². The highest BCUT2D eigenvalue weighted by Crippen LogP contribution is 2.31. The Morgan fingerprint density at radius 1 is 1.23 bits per heavy atom. The highest BCUT2D eigenvalue weighted by molar-refractivity contribution is 5.89. The van der Waals surface area contributed by atoms with Crippen molar-refractivity contribution in [2.45, 2.75) is 13.1 Å². The molecule has 4 rings (SSSR count). The molecule has 1 aromatic carbocycles. The number of primary amides is 1. The van der Waals surface area contributed by atoms with Gasteiger partial charge in [-0.25, -0.2) is 14.8 Å². The van der Waals surface area contributed by atoms with Gasteiger partial charge in [0.1, 0.15) is 12.1 Å². The molecule has 1 amide bonds. The van der Waals surface area contributed by atoms with Crippen molar-refractivity contribution in [1.82, 2.24) is 19.4 Å². The first-order chi connectivity index (χ1) is 12.5. The Balaban J connectivity index is 1.61. The number of amides is 1. The number of nitrogens with zero attached hydrogens (tertiary/aromatic N) is 4. The number of fused-ring (bicyclic) bond motifs is 2. The summed E-state index contributed by atoms with van der Waals surface area (Å²) in [6, 6.07) is 6.82. The van der Waals surface area contributed by atoms with Gasteiger partial charge in [0.15, 0.2) is 0 Å². The van der Waals surface area contributed by atoms with Crippen molar-refractivity contribution in [1.29, 1.82) is 0 Å². The lowest BCUT2D eigenvalue weighted by Crippen LogP contribution is -2.29. The van der Waals surface area contributed by atoms with E-state index in [2.05, 4.69) is 9.97 Å². The number of rotatable bonds is 4. The Hall–Kier alpha value is -3.46. The third-order valence-corrected chi connectivity index (χ3v) is 4.21. The first-order valence-corrected chi connectivity index (χ1v) is 7.87. The summed E-state index contributed by atoms with van der Waals surface area (Å²) in [6.45, 7) is 1.13. The number of hydrogen-bond acceptors (Lipinski definition) is 6. The molecule has 3 heterocycles. The van der Waals surface area contributed by atoms with Crippen LogP contribution in [0.1, 0.15) is 11.3 Å². The molecule has 0 spiro atoms. The van der Waals surface area contributed by atoms with E-state index in [4.69, 9.17) is 15.6 Å². The van der Waals surface area contributed by atoms with Crippen LogP contribution in [0, 0.1) is 0 Å². The summed E-state index contributed by atoms with van der Waals surface area (Å²) < 4.78 is 7.04. The molecular weight excluding hydrogens is 338 g/mol. The van der Waals surface area contributed by atoms with E-state index in [1.54, 1.807) is 24.3 Å². The maximum Gasteiger partial charge on any atom is 0.415 e. The van der Waals surface area contributed by atoms with E-state index in [9.17, 15) is 9.59 Å². The molecule has 1 aliphatic rings. The third kappa shape index (κ3) is 2.84. The molecule has 0 saturated carbocycles. The van der Waals surface area contributed by atoms with Crippen LogP contribution >= 0.6 is 0 Å². The predicted molar refractivity (Wildman–Crippen MR) is 90.8 cm³/mol. The summed E-state index contributed by atoms with van der Waals surface area (Å²) >= 11 is 0. The molecule has 0 unspecified atom stereocenters. The van der Waals surface area contributed by atoms with Crippen LogP contribution in [0.15, 0.2) is 36.8 Å². The van der Waals surface area contributed by atoms with E-state index in [1.165, 1.54) is 12.5 Å². The summed E-state index contributed by atoms with van der Waals surface area (Å²) in [5.41, 5.74) is 7.44. The smallest absolute Gasteiger partial charge is 0.415 e. The molecule has 1 aliphatic heterocycles. The SMILES string of the molecule is NC(=O)CN1Cc2ncnc(Oc3ccc4c(ccn4C(=O)O)c3)c2C1. The number of ether oxygens (including phenoxy) is 1. The lowest BCUT2D eigenvalue weighted by Gasteiger charge is -2.11. The summed E-state index contributed by atoms with van der Waals surface area (Å²) in [6.07, 6.45) is 1.86. The molecular formula is C17H15N5O4. The van der Waals surface area contributed by atoms with Crippen LogP contribution in [0.2, 0.25) is 0 Å². The van der Waals surface area contributed by atoms with Gasteiger partial charge in [0.2, 0.25) is 11.8 Å². The molecule has 0 fully saturated rings. The van der Waals surface area contributed by atoms with Crippen LogP contribution < -0.4 is 10.5 Å². The molecule has 132 valence electrons. The second-order valence-electron chi connectivity index (χ2n) is 6.01. The van der Waals surface area contributed by atoms with Gasteiger partial charge in [-0.1, -0.05) is 0 Å². The Kier molecular flexibility index (Phi) is 3.77. The number of nitrogens with two attached hydrogens (primary N) is 1. The monoisotopic (exact) mass is 353 g/mol. The van der Waals surface area contributed by atoms with E-state index in [1.807, 2.05) is 4.90 Å². The van der Waals surface area contributed by atoms with Crippen LogP contribution in [-0.4, -0.2) is 43.1 Å². The number of carboxylic acid groups (broad SMARTS) is 1. The average molecular weight is 353 g/mol. The van der Waals surface area contributed by atoms with Gasteiger partial charge in [-0.15, -0.1) is 0 Å². The van der Waals surface area contributed by atoms with Gasteiger partial charge in [-0.05, 0) is 24.3 Å². The van der Waals surface area contributed by atoms with E-state index in [-0.39, 0.29) is 6.54 Å². The highest BCUT2D eigenvalue weighted by Gasteiger charge is 2.26. The molecule has 0 saturated heterocycles. The van der Waals surface area contributed by atoms with Crippen LogP contribution in [0.4, 0.5) is 4.79 Å². The minimum absolute atomic E-state index is 0.143. The van der Waals surface area contributed by atoms with Crippen LogP contribution in [0.5, 0.6) is 11.6 Å². The second kappa shape index (κ2) is 6.12. The number of hydrogen-bond donors (Lipinski definition) is 2. The standard InChI is InChI=1S/C17H15N5O4/c18-15(23)8-21-6-12-13(7-21)19-9-20-16(12)26-11-1-2-14-10(5-11)3-4-22(14)17(24)25/h1-5,9H,6-8H2,(H2,18,23)(H,24,25). The molecule has 0 bridgehead atoms. The van der Waals surface area contributed by atoms with Crippen molar-refractivity contribution in [3.8, 4) is 11.6 Å². The Morgan fingerprint density at radius 3 is 2.85 bits per heavy atom. The lowest BCUT2D eigenvalue weighted by molar-refractivity contribution is -0.119. The first-order valence-electron chi connectivity index (χ1n) is 7.87. The number of benzene rings is 1. The minimum Gasteiger partial charge on any atom is -0.464 e. The molecule has 0 radical (unpaired) electrons. The van der Waals surface area contributed by atoms with Crippen molar-refractivity contribution < 1.29 is 19.4 Å². The summed E-state index contributed by atoms with van der Waals surface area (Å²) in [7, 11) is 0. The molecule has 26 heavy (non-hydrogen) atoms. The van der Waals surface area contributed by atoms with Gasteiger partial charge in [0.25, 0.3) is 0 Å². The van der Waals surface area contributed by atoms with E-state index in [0.717, 1.165) is 21.2 Å². The fourth-order valence-electron chi connectivity index (χ4n) is 3.10.